The van der Waals surface area contributed by atoms with Crippen molar-refractivity contribution in [3.05, 3.63) is 29.0 Å². The van der Waals surface area contributed by atoms with E-state index in [0.717, 1.165) is 0 Å². The van der Waals surface area contributed by atoms with Gasteiger partial charge in [-0.05, 0) is 25.0 Å². The van der Waals surface area contributed by atoms with Crippen LogP contribution < -0.4 is 5.73 Å². The normalized spacial score (nSPS) is 23.6. The highest BCUT2D eigenvalue weighted by molar-refractivity contribution is 6.29. The fraction of sp³-hybridized carbons (Fsp3) is 0.583. The van der Waals surface area contributed by atoms with E-state index in [-0.39, 0.29) is 30.8 Å². The first kappa shape index (κ1) is 13.6. The molecule has 0 spiro atoms. The number of aliphatic hydroxyl groups is 1. The molecule has 1 aromatic rings. The number of nitrogens with zero attached hydrogens (tertiary/aromatic N) is 1. The second-order valence-corrected chi connectivity index (χ2v) is 5.21. The summed E-state index contributed by atoms with van der Waals surface area (Å²) in [6, 6.07) is 4.11. The highest BCUT2D eigenvalue weighted by Gasteiger charge is 2.46. The summed E-state index contributed by atoms with van der Waals surface area (Å²) in [5.74, 6) is -2.70. The van der Waals surface area contributed by atoms with Crippen molar-refractivity contribution in [1.29, 1.82) is 0 Å². The lowest BCUT2D eigenvalue weighted by molar-refractivity contribution is -0.113. The van der Waals surface area contributed by atoms with Gasteiger partial charge >= 0.3 is 0 Å². The monoisotopic (exact) mass is 276 g/mol. The van der Waals surface area contributed by atoms with Gasteiger partial charge in [-0.25, -0.2) is 13.8 Å². The van der Waals surface area contributed by atoms with Crippen LogP contribution in [0.25, 0.3) is 0 Å². The minimum absolute atomic E-state index is 0.0324. The molecule has 1 unspecified atom stereocenters. The number of hydrogen-bond donors (Lipinski definition) is 2. The molecular weight excluding hydrogens is 262 g/mol. The van der Waals surface area contributed by atoms with Crippen molar-refractivity contribution in [3.63, 3.8) is 0 Å². The topological polar surface area (TPSA) is 59.1 Å². The number of nitrogens with two attached hydrogens (primary N) is 1. The lowest BCUT2D eigenvalue weighted by Crippen LogP contribution is -2.46. The Bertz CT molecular complexity index is 432. The van der Waals surface area contributed by atoms with E-state index < -0.39 is 17.6 Å². The highest BCUT2D eigenvalue weighted by atomic mass is 35.5. The van der Waals surface area contributed by atoms with Crippen molar-refractivity contribution in [1.82, 2.24) is 4.98 Å². The van der Waals surface area contributed by atoms with Gasteiger partial charge in [0.25, 0.3) is 0 Å². The van der Waals surface area contributed by atoms with Crippen LogP contribution >= 0.6 is 11.6 Å². The van der Waals surface area contributed by atoms with Gasteiger partial charge in [0.2, 0.25) is 5.92 Å². The summed E-state index contributed by atoms with van der Waals surface area (Å²) >= 11 is 5.75. The van der Waals surface area contributed by atoms with Crippen molar-refractivity contribution in [2.45, 2.75) is 43.2 Å². The molecule has 2 rings (SSSR count). The van der Waals surface area contributed by atoms with Gasteiger partial charge in [0.05, 0.1) is 17.3 Å². The van der Waals surface area contributed by atoms with Gasteiger partial charge in [-0.1, -0.05) is 17.7 Å². The number of pyridine rings is 1. The molecule has 0 bridgehead atoms. The zero-order chi connectivity index (χ0) is 13.4. The second kappa shape index (κ2) is 4.72. The summed E-state index contributed by atoms with van der Waals surface area (Å²) in [6.45, 7) is 0. The molecule has 0 saturated heterocycles. The first-order chi connectivity index (χ1) is 8.32. The van der Waals surface area contributed by atoms with Crippen molar-refractivity contribution >= 4 is 11.6 Å². The first-order valence-corrected chi connectivity index (χ1v) is 6.18. The fourth-order valence-electron chi connectivity index (χ4n) is 2.23. The predicted molar refractivity (Wildman–Crippen MR) is 64.5 cm³/mol. The Labute approximate surface area is 109 Å². The van der Waals surface area contributed by atoms with Gasteiger partial charge in [0, 0.05) is 12.8 Å². The van der Waals surface area contributed by atoms with Crippen molar-refractivity contribution in [2.24, 2.45) is 5.73 Å². The van der Waals surface area contributed by atoms with Crippen LogP contribution in [-0.2, 0) is 0 Å². The lowest BCUT2D eigenvalue weighted by atomic mass is 9.77. The van der Waals surface area contributed by atoms with E-state index in [1.165, 1.54) is 0 Å². The lowest BCUT2D eigenvalue weighted by Gasteiger charge is -2.39. The Morgan fingerprint density at radius 1 is 1.28 bits per heavy atom. The van der Waals surface area contributed by atoms with Gasteiger partial charge in [-0.15, -0.1) is 0 Å². The Morgan fingerprint density at radius 2 is 1.89 bits per heavy atom. The number of alkyl halides is 2. The molecule has 0 aromatic carbocycles. The molecule has 0 radical (unpaired) electrons. The van der Waals surface area contributed by atoms with Crippen LogP contribution in [0.5, 0.6) is 0 Å². The number of hydrogen-bond acceptors (Lipinski definition) is 3. The zero-order valence-corrected chi connectivity index (χ0v) is 10.5. The molecule has 1 atom stereocenters. The van der Waals surface area contributed by atoms with Crippen LogP contribution in [0, 0.1) is 0 Å². The third kappa shape index (κ3) is 2.79. The van der Waals surface area contributed by atoms with Crippen LogP contribution in [0.3, 0.4) is 0 Å². The van der Waals surface area contributed by atoms with Gasteiger partial charge in [-0.3, -0.25) is 0 Å². The zero-order valence-electron chi connectivity index (χ0n) is 9.74. The highest BCUT2D eigenvalue weighted by Crippen LogP contribution is 2.43. The number of halogens is 3. The van der Waals surface area contributed by atoms with Gasteiger partial charge in [-0.2, -0.15) is 0 Å². The summed E-state index contributed by atoms with van der Waals surface area (Å²) in [6.07, 6.45) is -0.764. The maximum absolute atomic E-state index is 13.1. The summed E-state index contributed by atoms with van der Waals surface area (Å²) < 4.78 is 26.2. The van der Waals surface area contributed by atoms with E-state index in [1.807, 2.05) is 0 Å². The van der Waals surface area contributed by atoms with E-state index in [4.69, 9.17) is 17.3 Å². The van der Waals surface area contributed by atoms with Crippen LogP contribution in [0.4, 0.5) is 8.78 Å². The fourth-order valence-corrected chi connectivity index (χ4v) is 2.40. The summed E-state index contributed by atoms with van der Waals surface area (Å²) in [7, 11) is 0. The second-order valence-electron chi connectivity index (χ2n) is 4.82. The Kier molecular flexibility index (Phi) is 3.58. The van der Waals surface area contributed by atoms with Crippen LogP contribution in [-0.4, -0.2) is 21.6 Å². The molecule has 1 aliphatic rings. The molecule has 1 heterocycles. The minimum atomic E-state index is -2.70. The maximum Gasteiger partial charge on any atom is 0.248 e. The van der Waals surface area contributed by atoms with Gasteiger partial charge in [0.1, 0.15) is 5.15 Å². The number of rotatable bonds is 2. The largest absolute Gasteiger partial charge is 0.388 e. The molecule has 1 aliphatic carbocycles. The first-order valence-electron chi connectivity index (χ1n) is 5.81. The van der Waals surface area contributed by atoms with E-state index in [9.17, 15) is 13.9 Å². The van der Waals surface area contributed by atoms with Crippen LogP contribution in [0.15, 0.2) is 18.2 Å². The molecule has 6 heteroatoms. The minimum Gasteiger partial charge on any atom is -0.388 e. The van der Waals surface area contributed by atoms with Crippen LogP contribution in [0.2, 0.25) is 5.15 Å². The van der Waals surface area contributed by atoms with Crippen molar-refractivity contribution in [3.8, 4) is 0 Å². The average molecular weight is 277 g/mol. The molecule has 0 amide bonds. The summed E-state index contributed by atoms with van der Waals surface area (Å²) in [5, 5.41) is 10.6. The molecule has 1 aromatic heterocycles. The quantitative estimate of drug-likeness (QED) is 0.817. The smallest absolute Gasteiger partial charge is 0.248 e. The molecule has 1 saturated carbocycles. The van der Waals surface area contributed by atoms with E-state index >= 15 is 0 Å². The van der Waals surface area contributed by atoms with Crippen LogP contribution in [0.1, 0.15) is 37.4 Å². The molecule has 1 fully saturated rings. The number of aromatic nitrogens is 1. The average Bonchev–Trinajstić information content (AvgIpc) is 2.32. The van der Waals surface area contributed by atoms with E-state index in [1.54, 1.807) is 18.2 Å². The third-order valence-corrected chi connectivity index (χ3v) is 3.69. The maximum atomic E-state index is 13.1. The molecule has 3 N–H and O–H groups in total. The van der Waals surface area contributed by atoms with Gasteiger partial charge in [0.15, 0.2) is 0 Å². The Morgan fingerprint density at radius 3 is 2.44 bits per heavy atom. The summed E-state index contributed by atoms with van der Waals surface area (Å²) in [5.41, 5.74) is 5.04. The standard InChI is InChI=1S/C12H15ClF2N2O/c13-9-3-1-2-8(17-9)10(16)11(18)4-6-12(14,15)7-5-11/h1-3,10,18H,4-7,16H2. The van der Waals surface area contributed by atoms with Crippen molar-refractivity contribution in [2.75, 3.05) is 0 Å². The third-order valence-electron chi connectivity index (χ3n) is 3.48. The van der Waals surface area contributed by atoms with E-state index in [0.29, 0.717) is 5.69 Å². The predicted octanol–water partition coefficient (Wildman–Crippen LogP) is 2.68. The molecule has 0 aliphatic heterocycles. The van der Waals surface area contributed by atoms with Crippen molar-refractivity contribution < 1.29 is 13.9 Å². The molecule has 3 nitrogen and oxygen atoms in total. The Balaban J connectivity index is 2.16. The van der Waals surface area contributed by atoms with Gasteiger partial charge < -0.3 is 10.8 Å². The SMILES string of the molecule is NC(c1cccc(Cl)n1)C1(O)CCC(F)(F)CC1. The Hall–Kier alpha value is -0.780. The molecular formula is C12H15ClF2N2O. The van der Waals surface area contributed by atoms with E-state index in [2.05, 4.69) is 4.98 Å². The molecule has 100 valence electrons. The summed E-state index contributed by atoms with van der Waals surface area (Å²) in [4.78, 5) is 4.02. The molecule has 18 heavy (non-hydrogen) atoms.